The molecule has 0 atom stereocenters. The molecule has 0 unspecified atom stereocenters. The summed E-state index contributed by atoms with van der Waals surface area (Å²) in [5.74, 6) is 1.79. The summed E-state index contributed by atoms with van der Waals surface area (Å²) in [4.78, 5) is 12.2. The molecule has 2 aromatic rings. The third kappa shape index (κ3) is 6.61. The molecule has 0 saturated heterocycles. The zero-order chi connectivity index (χ0) is 20.4. The van der Waals surface area contributed by atoms with Gasteiger partial charge < -0.3 is 14.2 Å². The van der Waals surface area contributed by atoms with Crippen LogP contribution in [0.3, 0.4) is 0 Å². The van der Waals surface area contributed by atoms with Crippen LogP contribution >= 0.6 is 0 Å². The number of nitrogens with zero attached hydrogens (tertiary/aromatic N) is 1. The van der Waals surface area contributed by atoms with Crippen LogP contribution in [0.25, 0.3) is 0 Å². The van der Waals surface area contributed by atoms with E-state index in [-0.39, 0.29) is 12.0 Å². The second-order valence-electron chi connectivity index (χ2n) is 6.38. The smallest absolute Gasteiger partial charge is 0.271 e. The van der Waals surface area contributed by atoms with Crippen molar-refractivity contribution in [3.63, 3.8) is 0 Å². The molecule has 2 rings (SSSR count). The molecular formula is C22H28N2O4. The van der Waals surface area contributed by atoms with E-state index >= 15 is 0 Å². The Morgan fingerprint density at radius 3 is 2.46 bits per heavy atom. The van der Waals surface area contributed by atoms with Crippen LogP contribution < -0.4 is 19.6 Å². The van der Waals surface area contributed by atoms with Gasteiger partial charge >= 0.3 is 0 Å². The summed E-state index contributed by atoms with van der Waals surface area (Å²) in [7, 11) is 0. The minimum absolute atomic E-state index is 0.0526. The first-order valence-corrected chi connectivity index (χ1v) is 9.53. The molecule has 2 aromatic carbocycles. The Morgan fingerprint density at radius 1 is 1.07 bits per heavy atom. The molecule has 0 fully saturated rings. The quantitative estimate of drug-likeness (QED) is 0.486. The average molecular weight is 384 g/mol. The number of hydrogen-bond donors (Lipinski definition) is 1. The number of ether oxygens (including phenoxy) is 3. The molecule has 0 aliphatic heterocycles. The average Bonchev–Trinajstić information content (AvgIpc) is 2.68. The normalized spacial score (nSPS) is 10.9. The Bertz CT molecular complexity index is 786. The zero-order valence-electron chi connectivity index (χ0n) is 16.9. The fourth-order valence-electron chi connectivity index (χ4n) is 2.38. The lowest BCUT2D eigenvalue weighted by Gasteiger charge is -2.14. The summed E-state index contributed by atoms with van der Waals surface area (Å²) in [6.07, 6.45) is 2.56. The molecule has 0 spiro atoms. The van der Waals surface area contributed by atoms with Gasteiger partial charge in [0, 0.05) is 5.56 Å². The first-order valence-electron chi connectivity index (χ1n) is 9.53. The molecule has 0 bridgehead atoms. The molecule has 6 heteroatoms. The minimum atomic E-state index is -0.289. The molecule has 1 amide bonds. The van der Waals surface area contributed by atoms with E-state index in [0.29, 0.717) is 30.3 Å². The molecule has 1 N–H and O–H groups in total. The summed E-state index contributed by atoms with van der Waals surface area (Å²) in [6, 6.07) is 12.5. The number of carbonyl (C=O) groups excluding carboxylic acids is 1. The van der Waals surface area contributed by atoms with Gasteiger partial charge in [0.1, 0.15) is 5.75 Å². The van der Waals surface area contributed by atoms with E-state index < -0.39 is 0 Å². The lowest BCUT2D eigenvalue weighted by atomic mass is 10.2. The second kappa shape index (κ2) is 11.0. The van der Waals surface area contributed by atoms with Crippen LogP contribution in [0.5, 0.6) is 17.2 Å². The summed E-state index contributed by atoms with van der Waals surface area (Å²) in [6.45, 7) is 9.07. The fraction of sp³-hybridized carbons (Fsp3) is 0.364. The van der Waals surface area contributed by atoms with E-state index in [0.717, 1.165) is 17.7 Å². The van der Waals surface area contributed by atoms with Crippen molar-refractivity contribution in [2.24, 2.45) is 5.10 Å². The minimum Gasteiger partial charge on any atom is -0.494 e. The van der Waals surface area contributed by atoms with Crippen LogP contribution in [0.1, 0.15) is 50.0 Å². The van der Waals surface area contributed by atoms with Crippen molar-refractivity contribution in [3.8, 4) is 17.2 Å². The van der Waals surface area contributed by atoms with E-state index in [9.17, 15) is 4.79 Å². The summed E-state index contributed by atoms with van der Waals surface area (Å²) in [5, 5.41) is 4.03. The van der Waals surface area contributed by atoms with E-state index in [1.165, 1.54) is 0 Å². The van der Waals surface area contributed by atoms with Gasteiger partial charge in [-0.15, -0.1) is 0 Å². The first kappa shape index (κ1) is 21.3. The summed E-state index contributed by atoms with van der Waals surface area (Å²) < 4.78 is 16.9. The summed E-state index contributed by atoms with van der Waals surface area (Å²) in [5.41, 5.74) is 3.83. The fourth-order valence-corrected chi connectivity index (χ4v) is 2.38. The lowest BCUT2D eigenvalue weighted by molar-refractivity contribution is 0.0955. The molecule has 0 aliphatic carbocycles. The van der Waals surface area contributed by atoms with Gasteiger partial charge in [-0.25, -0.2) is 5.43 Å². The van der Waals surface area contributed by atoms with Crippen molar-refractivity contribution in [1.29, 1.82) is 0 Å². The van der Waals surface area contributed by atoms with Crippen molar-refractivity contribution in [2.75, 3.05) is 13.2 Å². The maximum absolute atomic E-state index is 12.2. The van der Waals surface area contributed by atoms with Crippen molar-refractivity contribution in [3.05, 3.63) is 53.6 Å². The van der Waals surface area contributed by atoms with E-state index in [2.05, 4.69) is 10.5 Å². The third-order valence-electron chi connectivity index (χ3n) is 3.60. The SMILES string of the molecule is CCCOc1ccc(C(=O)N/N=C/c2ccc(OC(C)C)c(OCC)c2)cc1. The number of amides is 1. The standard InChI is InChI=1S/C22H28N2O4/c1-5-13-27-19-10-8-18(9-11-19)22(25)24-23-15-17-7-12-20(28-16(3)4)21(14-17)26-6-2/h7-12,14-16H,5-6,13H2,1-4H3,(H,24,25)/b23-15+. The Morgan fingerprint density at radius 2 is 1.82 bits per heavy atom. The van der Waals surface area contributed by atoms with E-state index in [1.807, 2.05) is 45.9 Å². The van der Waals surface area contributed by atoms with Gasteiger partial charge in [0.05, 0.1) is 25.5 Å². The molecule has 28 heavy (non-hydrogen) atoms. The van der Waals surface area contributed by atoms with Gasteiger partial charge in [-0.05, 0) is 75.2 Å². The van der Waals surface area contributed by atoms with Crippen molar-refractivity contribution < 1.29 is 19.0 Å². The number of hydrazone groups is 1. The zero-order valence-corrected chi connectivity index (χ0v) is 16.9. The van der Waals surface area contributed by atoms with Gasteiger partial charge in [-0.3, -0.25) is 4.79 Å². The van der Waals surface area contributed by atoms with E-state index in [4.69, 9.17) is 14.2 Å². The maximum atomic E-state index is 12.2. The van der Waals surface area contributed by atoms with Crippen molar-refractivity contribution in [1.82, 2.24) is 5.43 Å². The van der Waals surface area contributed by atoms with Crippen LogP contribution in [-0.4, -0.2) is 31.4 Å². The van der Waals surface area contributed by atoms with Gasteiger partial charge in [0.15, 0.2) is 11.5 Å². The molecule has 0 saturated carbocycles. The monoisotopic (exact) mass is 384 g/mol. The van der Waals surface area contributed by atoms with Gasteiger partial charge in [-0.1, -0.05) is 6.92 Å². The van der Waals surface area contributed by atoms with Gasteiger partial charge in [0.2, 0.25) is 0 Å². The third-order valence-corrected chi connectivity index (χ3v) is 3.60. The van der Waals surface area contributed by atoms with Crippen LogP contribution in [0, 0.1) is 0 Å². The van der Waals surface area contributed by atoms with Gasteiger partial charge in [-0.2, -0.15) is 5.10 Å². The second-order valence-corrected chi connectivity index (χ2v) is 6.38. The van der Waals surface area contributed by atoms with Crippen LogP contribution in [0.15, 0.2) is 47.6 Å². The number of hydrogen-bond acceptors (Lipinski definition) is 5. The number of rotatable bonds is 10. The Hall–Kier alpha value is -3.02. The summed E-state index contributed by atoms with van der Waals surface area (Å²) >= 11 is 0. The number of carbonyl (C=O) groups is 1. The molecule has 0 radical (unpaired) electrons. The highest BCUT2D eigenvalue weighted by Gasteiger charge is 2.08. The highest BCUT2D eigenvalue weighted by Crippen LogP contribution is 2.28. The molecule has 6 nitrogen and oxygen atoms in total. The number of benzene rings is 2. The maximum Gasteiger partial charge on any atom is 0.271 e. The van der Waals surface area contributed by atoms with Crippen molar-refractivity contribution >= 4 is 12.1 Å². The van der Waals surface area contributed by atoms with Gasteiger partial charge in [0.25, 0.3) is 5.91 Å². The van der Waals surface area contributed by atoms with Crippen LogP contribution in [0.2, 0.25) is 0 Å². The molecule has 0 heterocycles. The molecule has 150 valence electrons. The molecule has 0 aliphatic rings. The Labute approximate surface area is 166 Å². The predicted octanol–water partition coefficient (Wildman–Crippen LogP) is 4.43. The first-order chi connectivity index (χ1) is 13.5. The highest BCUT2D eigenvalue weighted by atomic mass is 16.5. The molecule has 0 aromatic heterocycles. The largest absolute Gasteiger partial charge is 0.494 e. The van der Waals surface area contributed by atoms with E-state index in [1.54, 1.807) is 30.5 Å². The predicted molar refractivity (Wildman–Crippen MR) is 111 cm³/mol. The Balaban J connectivity index is 1.99. The number of nitrogens with one attached hydrogen (secondary N) is 1. The van der Waals surface area contributed by atoms with Crippen molar-refractivity contribution in [2.45, 2.75) is 40.2 Å². The molecular weight excluding hydrogens is 356 g/mol. The Kier molecular flexibility index (Phi) is 8.34. The lowest BCUT2D eigenvalue weighted by Crippen LogP contribution is -2.17. The van der Waals surface area contributed by atoms with Crippen LogP contribution in [0.4, 0.5) is 0 Å². The highest BCUT2D eigenvalue weighted by molar-refractivity contribution is 5.95. The van der Waals surface area contributed by atoms with Crippen LogP contribution in [-0.2, 0) is 0 Å². The topological polar surface area (TPSA) is 69.2 Å².